The van der Waals surface area contributed by atoms with Gasteiger partial charge in [-0.3, -0.25) is 9.59 Å². The normalized spacial score (nSPS) is 22.6. The summed E-state index contributed by atoms with van der Waals surface area (Å²) in [5.41, 5.74) is -0.514. The summed E-state index contributed by atoms with van der Waals surface area (Å²) in [5.74, 6) is -1.29. The molecule has 1 atom stereocenters. The maximum atomic E-state index is 12.8. The van der Waals surface area contributed by atoms with Gasteiger partial charge in [0.2, 0.25) is 10.0 Å². The van der Waals surface area contributed by atoms with Gasteiger partial charge in [0.1, 0.15) is 0 Å². The van der Waals surface area contributed by atoms with Gasteiger partial charge >= 0.3 is 5.97 Å². The van der Waals surface area contributed by atoms with E-state index in [4.69, 9.17) is 5.11 Å². The number of benzene rings is 1. The molecule has 1 aliphatic carbocycles. The van der Waals surface area contributed by atoms with E-state index in [1.165, 1.54) is 28.6 Å². The second-order valence-corrected chi connectivity index (χ2v) is 9.14. The molecule has 0 aromatic heterocycles. The molecule has 8 heteroatoms. The third-order valence-corrected chi connectivity index (χ3v) is 7.39. The lowest BCUT2D eigenvalue weighted by Crippen LogP contribution is -2.41. The lowest BCUT2D eigenvalue weighted by molar-refractivity contribution is -0.143. The predicted octanol–water partition coefficient (Wildman–Crippen LogP) is 1.84. The van der Waals surface area contributed by atoms with Gasteiger partial charge in [-0.25, -0.2) is 8.42 Å². The van der Waals surface area contributed by atoms with E-state index in [-0.39, 0.29) is 17.5 Å². The Bertz CT molecular complexity index is 799. The van der Waals surface area contributed by atoms with Crippen LogP contribution in [0.3, 0.4) is 0 Å². The van der Waals surface area contributed by atoms with Gasteiger partial charge in [-0.1, -0.05) is 6.42 Å². The molecular formula is C18H24N2O5S. The molecule has 7 nitrogen and oxygen atoms in total. The van der Waals surface area contributed by atoms with Crippen molar-refractivity contribution in [2.75, 3.05) is 13.1 Å². The summed E-state index contributed by atoms with van der Waals surface area (Å²) in [7, 11) is -3.57. The summed E-state index contributed by atoms with van der Waals surface area (Å²) in [4.78, 5) is 23.5. The highest BCUT2D eigenvalue weighted by Gasteiger charge is 2.50. The molecule has 2 aliphatic rings. The molecule has 1 heterocycles. The minimum absolute atomic E-state index is 0.0255. The number of piperidine rings is 1. The van der Waals surface area contributed by atoms with Gasteiger partial charge in [0, 0.05) is 24.7 Å². The highest BCUT2D eigenvalue weighted by molar-refractivity contribution is 7.89. The minimum atomic E-state index is -3.57. The number of hydrogen-bond acceptors (Lipinski definition) is 4. The van der Waals surface area contributed by atoms with E-state index in [9.17, 15) is 18.0 Å². The van der Waals surface area contributed by atoms with Crippen LogP contribution in [0.1, 0.15) is 49.4 Å². The minimum Gasteiger partial charge on any atom is -0.481 e. The highest BCUT2D eigenvalue weighted by Crippen LogP contribution is 2.45. The molecule has 1 unspecified atom stereocenters. The number of carboxylic acids is 1. The van der Waals surface area contributed by atoms with Gasteiger partial charge < -0.3 is 10.4 Å². The fourth-order valence-electron chi connectivity index (χ4n) is 3.31. The Balaban J connectivity index is 1.68. The molecule has 1 aromatic carbocycles. The predicted molar refractivity (Wildman–Crippen MR) is 95.3 cm³/mol. The summed E-state index contributed by atoms with van der Waals surface area (Å²) in [5, 5.41) is 11.8. The first-order valence-electron chi connectivity index (χ1n) is 8.90. The molecule has 1 aromatic rings. The van der Waals surface area contributed by atoms with E-state index < -0.39 is 27.3 Å². The third-order valence-electron chi connectivity index (χ3n) is 5.36. The zero-order chi connectivity index (χ0) is 18.9. The fraction of sp³-hybridized carbons (Fsp3) is 0.556. The van der Waals surface area contributed by atoms with Crippen LogP contribution in [-0.2, 0) is 14.8 Å². The topological polar surface area (TPSA) is 104 Å². The van der Waals surface area contributed by atoms with Crippen LogP contribution >= 0.6 is 0 Å². The molecule has 1 saturated carbocycles. The number of nitrogens with one attached hydrogen (secondary N) is 1. The molecule has 0 spiro atoms. The second-order valence-electron chi connectivity index (χ2n) is 7.25. The maximum absolute atomic E-state index is 12.8. The van der Waals surface area contributed by atoms with Crippen molar-refractivity contribution in [2.45, 2.75) is 50.0 Å². The van der Waals surface area contributed by atoms with Crippen LogP contribution in [0.4, 0.5) is 0 Å². The van der Waals surface area contributed by atoms with Gasteiger partial charge in [-0.05, 0) is 56.9 Å². The monoisotopic (exact) mass is 380 g/mol. The van der Waals surface area contributed by atoms with Gasteiger partial charge in [-0.15, -0.1) is 0 Å². The Labute approximate surface area is 153 Å². The molecule has 26 heavy (non-hydrogen) atoms. The zero-order valence-corrected chi connectivity index (χ0v) is 15.6. The van der Waals surface area contributed by atoms with Crippen molar-refractivity contribution < 1.29 is 23.1 Å². The lowest BCUT2D eigenvalue weighted by Gasteiger charge is -2.32. The highest BCUT2D eigenvalue weighted by atomic mass is 32.2. The Morgan fingerprint density at radius 2 is 1.88 bits per heavy atom. The number of aliphatic carboxylic acids is 1. The summed E-state index contributed by atoms with van der Waals surface area (Å²) < 4.78 is 27.1. The number of hydrogen-bond donors (Lipinski definition) is 2. The standard InChI is InChI=1S/C18H24N2O5S/c1-13-4-2-3-11-20(13)26(24,25)15-7-5-14(6-8-15)16(21)19-12-18(9-10-18)17(22)23/h5-8,13H,2-4,9-12H2,1H3,(H,19,21)(H,22,23). The summed E-state index contributed by atoms with van der Waals surface area (Å²) >= 11 is 0. The van der Waals surface area contributed by atoms with Crippen molar-refractivity contribution in [1.29, 1.82) is 0 Å². The molecule has 0 radical (unpaired) electrons. The van der Waals surface area contributed by atoms with Crippen molar-refractivity contribution >= 4 is 21.9 Å². The number of carbonyl (C=O) groups excluding carboxylic acids is 1. The molecule has 0 bridgehead atoms. The quantitative estimate of drug-likeness (QED) is 0.784. The fourth-order valence-corrected chi connectivity index (χ4v) is 5.01. The second kappa shape index (κ2) is 7.00. The summed E-state index contributed by atoms with van der Waals surface area (Å²) in [6.45, 7) is 2.52. The van der Waals surface area contributed by atoms with E-state index in [2.05, 4.69) is 5.32 Å². The number of amides is 1. The van der Waals surface area contributed by atoms with Crippen LogP contribution in [0, 0.1) is 5.41 Å². The lowest BCUT2D eigenvalue weighted by atomic mass is 10.1. The first-order chi connectivity index (χ1) is 12.3. The smallest absolute Gasteiger partial charge is 0.311 e. The van der Waals surface area contributed by atoms with Crippen molar-refractivity contribution in [3.63, 3.8) is 0 Å². The molecule has 1 aliphatic heterocycles. The van der Waals surface area contributed by atoms with Crippen LogP contribution in [-0.4, -0.2) is 48.8 Å². The number of rotatable bonds is 6. The van der Waals surface area contributed by atoms with E-state index in [0.29, 0.717) is 24.9 Å². The van der Waals surface area contributed by atoms with Gasteiger partial charge in [0.25, 0.3) is 5.91 Å². The summed E-state index contributed by atoms with van der Waals surface area (Å²) in [6.07, 6.45) is 3.87. The number of nitrogens with zero attached hydrogens (tertiary/aromatic N) is 1. The van der Waals surface area contributed by atoms with Crippen molar-refractivity contribution in [2.24, 2.45) is 5.41 Å². The average molecular weight is 380 g/mol. The molecule has 2 N–H and O–H groups in total. The molecule has 1 amide bonds. The SMILES string of the molecule is CC1CCCCN1S(=O)(=O)c1ccc(C(=O)NCC2(C(=O)O)CC2)cc1. The van der Waals surface area contributed by atoms with Gasteiger partial charge in [-0.2, -0.15) is 4.31 Å². The largest absolute Gasteiger partial charge is 0.481 e. The van der Waals surface area contributed by atoms with Crippen LogP contribution in [0.5, 0.6) is 0 Å². The first-order valence-corrected chi connectivity index (χ1v) is 10.3. The Hall–Kier alpha value is -1.93. The van der Waals surface area contributed by atoms with E-state index in [1.807, 2.05) is 6.92 Å². The van der Waals surface area contributed by atoms with Crippen molar-refractivity contribution in [1.82, 2.24) is 9.62 Å². The number of sulfonamides is 1. The third kappa shape index (κ3) is 3.61. The molecular weight excluding hydrogens is 356 g/mol. The molecule has 3 rings (SSSR count). The van der Waals surface area contributed by atoms with Gasteiger partial charge in [0.05, 0.1) is 10.3 Å². The zero-order valence-electron chi connectivity index (χ0n) is 14.8. The average Bonchev–Trinajstić information content (AvgIpc) is 3.41. The number of carbonyl (C=O) groups is 2. The van der Waals surface area contributed by atoms with Crippen molar-refractivity contribution in [3.8, 4) is 0 Å². The van der Waals surface area contributed by atoms with Crippen LogP contribution in [0.15, 0.2) is 29.2 Å². The first kappa shape index (κ1) is 18.8. The van der Waals surface area contributed by atoms with Crippen LogP contribution in [0.25, 0.3) is 0 Å². The van der Waals surface area contributed by atoms with Gasteiger partial charge in [0.15, 0.2) is 0 Å². The molecule has 2 fully saturated rings. The van der Waals surface area contributed by atoms with E-state index >= 15 is 0 Å². The Kier molecular flexibility index (Phi) is 5.07. The van der Waals surface area contributed by atoms with E-state index in [0.717, 1.165) is 19.3 Å². The van der Waals surface area contributed by atoms with E-state index in [1.54, 1.807) is 0 Å². The molecule has 142 valence electrons. The van der Waals surface area contributed by atoms with Crippen LogP contribution in [0.2, 0.25) is 0 Å². The Morgan fingerprint density at radius 3 is 2.42 bits per heavy atom. The summed E-state index contributed by atoms with van der Waals surface area (Å²) in [6, 6.07) is 5.79. The van der Waals surface area contributed by atoms with Crippen molar-refractivity contribution in [3.05, 3.63) is 29.8 Å². The van der Waals surface area contributed by atoms with Crippen LogP contribution < -0.4 is 5.32 Å². The molecule has 1 saturated heterocycles. The maximum Gasteiger partial charge on any atom is 0.311 e. The Morgan fingerprint density at radius 1 is 1.23 bits per heavy atom. The number of carboxylic acid groups (broad SMARTS) is 1.